The molecule has 2 aromatic rings. The van der Waals surface area contributed by atoms with Crippen LogP contribution >= 0.6 is 0 Å². The first-order chi connectivity index (χ1) is 11.0. The Bertz CT molecular complexity index is 688. The van der Waals surface area contributed by atoms with Crippen molar-refractivity contribution in [3.05, 3.63) is 65.7 Å². The molecule has 0 spiro atoms. The predicted octanol–water partition coefficient (Wildman–Crippen LogP) is 3.09. The summed E-state index contributed by atoms with van der Waals surface area (Å²) >= 11 is 0. The van der Waals surface area contributed by atoms with E-state index in [1.165, 1.54) is 18.2 Å². The number of Topliss-reactive ketones (excluding diaryl/α,β-unsaturated/α-hetero) is 1. The molecule has 0 N–H and O–H groups in total. The molecule has 5 heteroatoms. The van der Waals surface area contributed by atoms with E-state index >= 15 is 0 Å². The van der Waals surface area contributed by atoms with E-state index in [4.69, 9.17) is 0 Å². The molecule has 1 aromatic carbocycles. The average molecular weight is 314 g/mol. The van der Waals surface area contributed by atoms with Gasteiger partial charge in [-0.1, -0.05) is 19.1 Å². The van der Waals surface area contributed by atoms with E-state index in [0.717, 1.165) is 5.56 Å². The summed E-state index contributed by atoms with van der Waals surface area (Å²) in [6.07, 6.45) is 3.43. The second-order valence-corrected chi connectivity index (χ2v) is 5.59. The first-order valence-corrected chi connectivity index (χ1v) is 7.40. The molecule has 1 heterocycles. The summed E-state index contributed by atoms with van der Waals surface area (Å²) in [4.78, 5) is 30.0. The smallest absolute Gasteiger partial charge is 0.223 e. The standard InChI is InChI=1S/C18H19FN2O2/c1-13(18(23)15-4-3-5-16(19)11-15)10-17(22)21(2)12-14-6-8-20-9-7-14/h3-9,11,13H,10,12H2,1-2H3/t13-/m1/s1. The molecule has 0 unspecified atom stereocenters. The quantitative estimate of drug-likeness (QED) is 0.770. The normalized spacial score (nSPS) is 11.8. The van der Waals surface area contributed by atoms with E-state index in [9.17, 15) is 14.0 Å². The molecule has 0 fully saturated rings. The number of aromatic nitrogens is 1. The van der Waals surface area contributed by atoms with Crippen LogP contribution in [-0.4, -0.2) is 28.6 Å². The molecule has 0 bridgehead atoms. The lowest BCUT2D eigenvalue weighted by atomic mass is 9.96. The molecule has 1 atom stereocenters. The molecule has 120 valence electrons. The van der Waals surface area contributed by atoms with Gasteiger partial charge in [-0.3, -0.25) is 14.6 Å². The van der Waals surface area contributed by atoms with Crippen molar-refractivity contribution in [3.8, 4) is 0 Å². The van der Waals surface area contributed by atoms with Crippen LogP contribution in [-0.2, 0) is 11.3 Å². The van der Waals surface area contributed by atoms with Gasteiger partial charge in [0.15, 0.2) is 5.78 Å². The Kier molecular flexibility index (Phi) is 5.57. The Balaban J connectivity index is 1.95. The van der Waals surface area contributed by atoms with Crippen LogP contribution in [0.1, 0.15) is 29.3 Å². The van der Waals surface area contributed by atoms with Gasteiger partial charge in [0.05, 0.1) is 0 Å². The van der Waals surface area contributed by atoms with Crippen LogP contribution in [0, 0.1) is 11.7 Å². The van der Waals surface area contributed by atoms with Crippen molar-refractivity contribution >= 4 is 11.7 Å². The van der Waals surface area contributed by atoms with Gasteiger partial charge in [-0.2, -0.15) is 0 Å². The second-order valence-electron chi connectivity index (χ2n) is 5.59. The summed E-state index contributed by atoms with van der Waals surface area (Å²) in [7, 11) is 1.70. The highest BCUT2D eigenvalue weighted by Gasteiger charge is 2.21. The van der Waals surface area contributed by atoms with Crippen molar-refractivity contribution in [1.29, 1.82) is 0 Å². The molecule has 1 aromatic heterocycles. The minimum atomic E-state index is -0.496. The van der Waals surface area contributed by atoms with Gasteiger partial charge in [-0.15, -0.1) is 0 Å². The number of hydrogen-bond acceptors (Lipinski definition) is 3. The zero-order chi connectivity index (χ0) is 16.8. The van der Waals surface area contributed by atoms with Gasteiger partial charge in [-0.05, 0) is 29.8 Å². The number of ketones is 1. The number of nitrogens with zero attached hydrogens (tertiary/aromatic N) is 2. The highest BCUT2D eigenvalue weighted by Crippen LogP contribution is 2.15. The fourth-order valence-electron chi connectivity index (χ4n) is 2.29. The van der Waals surface area contributed by atoms with E-state index in [0.29, 0.717) is 12.1 Å². The summed E-state index contributed by atoms with van der Waals surface area (Å²) in [5.41, 5.74) is 1.27. The fourth-order valence-corrected chi connectivity index (χ4v) is 2.29. The van der Waals surface area contributed by atoms with Gasteiger partial charge in [0.2, 0.25) is 5.91 Å². The molecule has 23 heavy (non-hydrogen) atoms. The van der Waals surface area contributed by atoms with Gasteiger partial charge in [0.1, 0.15) is 5.82 Å². The molecule has 1 amide bonds. The summed E-state index contributed by atoms with van der Waals surface area (Å²) in [6, 6.07) is 9.22. The van der Waals surface area contributed by atoms with Crippen molar-refractivity contribution in [2.45, 2.75) is 19.9 Å². The summed E-state index contributed by atoms with van der Waals surface area (Å²) in [5, 5.41) is 0. The fraction of sp³-hybridized carbons (Fsp3) is 0.278. The van der Waals surface area contributed by atoms with Gasteiger partial charge in [-0.25, -0.2) is 4.39 Å². The molecule has 0 saturated carbocycles. The molecule has 0 aliphatic rings. The summed E-state index contributed by atoms with van der Waals surface area (Å²) in [6.45, 7) is 2.15. The lowest BCUT2D eigenvalue weighted by molar-refractivity contribution is -0.131. The molecule has 0 aliphatic heterocycles. The number of rotatable bonds is 6. The van der Waals surface area contributed by atoms with E-state index in [1.54, 1.807) is 37.3 Å². The van der Waals surface area contributed by atoms with E-state index in [2.05, 4.69) is 4.98 Å². The number of hydrogen-bond donors (Lipinski definition) is 0. The Labute approximate surface area is 135 Å². The molecule has 4 nitrogen and oxygen atoms in total. The number of pyridine rings is 1. The van der Waals surface area contributed by atoms with E-state index in [-0.39, 0.29) is 18.1 Å². The van der Waals surface area contributed by atoms with Gasteiger partial charge in [0, 0.05) is 43.9 Å². The first-order valence-electron chi connectivity index (χ1n) is 7.40. The minimum absolute atomic E-state index is 0.0942. The van der Waals surface area contributed by atoms with Gasteiger partial charge < -0.3 is 4.90 Å². The van der Waals surface area contributed by atoms with Crippen LogP contribution in [0.2, 0.25) is 0 Å². The second kappa shape index (κ2) is 7.63. The van der Waals surface area contributed by atoms with Crippen molar-refractivity contribution in [2.75, 3.05) is 7.05 Å². The maximum absolute atomic E-state index is 13.2. The first kappa shape index (κ1) is 16.8. The maximum Gasteiger partial charge on any atom is 0.223 e. The van der Waals surface area contributed by atoms with Crippen molar-refractivity contribution < 1.29 is 14.0 Å². The third-order valence-electron chi connectivity index (χ3n) is 3.63. The lowest BCUT2D eigenvalue weighted by Gasteiger charge is -2.19. The van der Waals surface area contributed by atoms with Crippen LogP contribution in [0.15, 0.2) is 48.8 Å². The summed E-state index contributed by atoms with van der Waals surface area (Å²) in [5.74, 6) is -1.30. The Morgan fingerprint density at radius 1 is 1.22 bits per heavy atom. The lowest BCUT2D eigenvalue weighted by Crippen LogP contribution is -2.29. The van der Waals surface area contributed by atoms with Crippen LogP contribution in [0.5, 0.6) is 0 Å². The van der Waals surface area contributed by atoms with Crippen LogP contribution in [0.4, 0.5) is 4.39 Å². The van der Waals surface area contributed by atoms with Gasteiger partial charge >= 0.3 is 0 Å². The van der Waals surface area contributed by atoms with Crippen molar-refractivity contribution in [3.63, 3.8) is 0 Å². The molecule has 2 rings (SSSR count). The largest absolute Gasteiger partial charge is 0.341 e. The SMILES string of the molecule is C[C@H](CC(=O)N(C)Cc1ccncc1)C(=O)c1cccc(F)c1. The zero-order valence-electron chi connectivity index (χ0n) is 13.2. The zero-order valence-corrected chi connectivity index (χ0v) is 13.2. The maximum atomic E-state index is 13.2. The molecule has 0 saturated heterocycles. The van der Waals surface area contributed by atoms with Crippen LogP contribution in [0.25, 0.3) is 0 Å². The highest BCUT2D eigenvalue weighted by molar-refractivity contribution is 5.99. The van der Waals surface area contributed by atoms with E-state index in [1.807, 2.05) is 12.1 Å². The Hall–Kier alpha value is -2.56. The van der Waals surface area contributed by atoms with E-state index < -0.39 is 11.7 Å². The molecule has 0 aliphatic carbocycles. The number of benzene rings is 1. The number of carbonyl (C=O) groups is 2. The summed E-state index contributed by atoms with van der Waals surface area (Å²) < 4.78 is 13.2. The topological polar surface area (TPSA) is 50.3 Å². The minimum Gasteiger partial charge on any atom is -0.341 e. The Morgan fingerprint density at radius 3 is 2.57 bits per heavy atom. The molecular formula is C18H19FN2O2. The predicted molar refractivity (Wildman–Crippen MR) is 85.2 cm³/mol. The monoisotopic (exact) mass is 314 g/mol. The third kappa shape index (κ3) is 4.71. The Morgan fingerprint density at radius 2 is 1.91 bits per heavy atom. The average Bonchev–Trinajstić information content (AvgIpc) is 2.54. The van der Waals surface area contributed by atoms with Crippen LogP contribution in [0.3, 0.4) is 0 Å². The number of halogens is 1. The third-order valence-corrected chi connectivity index (χ3v) is 3.63. The number of carbonyl (C=O) groups excluding carboxylic acids is 2. The van der Waals surface area contributed by atoms with Gasteiger partial charge in [0.25, 0.3) is 0 Å². The number of amides is 1. The molecule has 0 radical (unpaired) electrons. The van der Waals surface area contributed by atoms with Crippen molar-refractivity contribution in [2.24, 2.45) is 5.92 Å². The van der Waals surface area contributed by atoms with Crippen molar-refractivity contribution in [1.82, 2.24) is 9.88 Å². The van der Waals surface area contributed by atoms with Crippen LogP contribution < -0.4 is 0 Å². The highest BCUT2D eigenvalue weighted by atomic mass is 19.1. The molecular weight excluding hydrogens is 295 g/mol.